The second kappa shape index (κ2) is 4.77. The molecule has 104 valence electrons. The molecule has 1 aromatic rings. The highest BCUT2D eigenvalue weighted by molar-refractivity contribution is 9.09. The van der Waals surface area contributed by atoms with E-state index in [2.05, 4.69) is 21.2 Å². The molecule has 1 amide bonds. The fourth-order valence-electron chi connectivity index (χ4n) is 1.68. The van der Waals surface area contributed by atoms with Crippen molar-refractivity contribution >= 4 is 21.8 Å². The molecule has 7 heteroatoms. The molecule has 1 aliphatic rings. The number of carbonyl (C=O) groups is 1. The van der Waals surface area contributed by atoms with E-state index in [4.69, 9.17) is 0 Å². The van der Waals surface area contributed by atoms with Crippen LogP contribution in [0.25, 0.3) is 0 Å². The zero-order valence-electron chi connectivity index (χ0n) is 9.65. The summed E-state index contributed by atoms with van der Waals surface area (Å²) in [6.45, 7) is 0. The Kier molecular flexibility index (Phi) is 3.59. The molecule has 0 spiro atoms. The Balaban J connectivity index is 2.28. The van der Waals surface area contributed by atoms with Crippen LogP contribution >= 0.6 is 15.9 Å². The molecule has 2 nitrogen and oxygen atoms in total. The molecule has 1 saturated carbocycles. The van der Waals surface area contributed by atoms with E-state index >= 15 is 0 Å². The number of nitrogens with one attached hydrogen (secondary N) is 1. The highest BCUT2D eigenvalue weighted by Gasteiger charge is 2.44. The van der Waals surface area contributed by atoms with Crippen molar-refractivity contribution in [1.82, 2.24) is 5.32 Å². The van der Waals surface area contributed by atoms with E-state index in [0.717, 1.165) is 25.0 Å². The number of amides is 1. The first-order valence-corrected chi connectivity index (χ1v) is 6.65. The van der Waals surface area contributed by atoms with Gasteiger partial charge in [0.05, 0.1) is 16.7 Å². The van der Waals surface area contributed by atoms with Gasteiger partial charge >= 0.3 is 6.18 Å². The van der Waals surface area contributed by atoms with Gasteiger partial charge in [0, 0.05) is 5.33 Å². The normalized spacial score (nSPS) is 17.1. The SMILES string of the molecule is O=C(NC1(CBr)CC1)c1cccc(C(F)(F)F)c1F. The van der Waals surface area contributed by atoms with Gasteiger partial charge in [0.15, 0.2) is 0 Å². The van der Waals surface area contributed by atoms with E-state index in [1.807, 2.05) is 0 Å². The van der Waals surface area contributed by atoms with E-state index < -0.39 is 34.6 Å². The molecule has 0 saturated heterocycles. The van der Waals surface area contributed by atoms with Crippen molar-refractivity contribution in [1.29, 1.82) is 0 Å². The van der Waals surface area contributed by atoms with Gasteiger partial charge in [0.1, 0.15) is 5.82 Å². The van der Waals surface area contributed by atoms with Crippen molar-refractivity contribution in [3.05, 3.63) is 35.1 Å². The molecule has 1 aliphatic carbocycles. The summed E-state index contributed by atoms with van der Waals surface area (Å²) in [6, 6.07) is 2.68. The summed E-state index contributed by atoms with van der Waals surface area (Å²) in [5.41, 5.74) is -2.46. The van der Waals surface area contributed by atoms with Crippen molar-refractivity contribution in [3.8, 4) is 0 Å². The second-order valence-corrected chi connectivity index (χ2v) is 5.09. The van der Waals surface area contributed by atoms with Crippen molar-refractivity contribution < 1.29 is 22.4 Å². The van der Waals surface area contributed by atoms with Crippen molar-refractivity contribution in [3.63, 3.8) is 0 Å². The van der Waals surface area contributed by atoms with Crippen LogP contribution in [0.3, 0.4) is 0 Å². The molecule has 1 aromatic carbocycles. The van der Waals surface area contributed by atoms with Gasteiger partial charge in [-0.15, -0.1) is 0 Å². The Hall–Kier alpha value is -1.11. The van der Waals surface area contributed by atoms with Crippen molar-refractivity contribution in [2.75, 3.05) is 5.33 Å². The third kappa shape index (κ3) is 2.91. The van der Waals surface area contributed by atoms with E-state index in [9.17, 15) is 22.4 Å². The molecule has 0 aromatic heterocycles. The zero-order chi connectivity index (χ0) is 14.3. The molecule has 1 N–H and O–H groups in total. The molecule has 2 rings (SSSR count). The third-order valence-corrected chi connectivity index (χ3v) is 4.11. The molecule has 0 unspecified atom stereocenters. The number of rotatable bonds is 3. The molecule has 1 fully saturated rings. The Morgan fingerprint density at radius 1 is 1.37 bits per heavy atom. The molecular weight excluding hydrogens is 330 g/mol. The lowest BCUT2D eigenvalue weighted by molar-refractivity contribution is -0.140. The maximum atomic E-state index is 13.7. The monoisotopic (exact) mass is 339 g/mol. The average molecular weight is 340 g/mol. The highest BCUT2D eigenvalue weighted by Crippen LogP contribution is 2.38. The maximum absolute atomic E-state index is 13.7. The molecule has 0 radical (unpaired) electrons. The third-order valence-electron chi connectivity index (χ3n) is 3.04. The Morgan fingerprint density at radius 3 is 2.47 bits per heavy atom. The highest BCUT2D eigenvalue weighted by atomic mass is 79.9. The van der Waals surface area contributed by atoms with Crippen molar-refractivity contribution in [2.45, 2.75) is 24.6 Å². The number of carbonyl (C=O) groups excluding carboxylic acids is 1. The molecule has 0 heterocycles. The van der Waals surface area contributed by atoms with Crippen LogP contribution in [0.1, 0.15) is 28.8 Å². The average Bonchev–Trinajstić information content (AvgIpc) is 3.08. The summed E-state index contributed by atoms with van der Waals surface area (Å²) < 4.78 is 51.3. The van der Waals surface area contributed by atoms with Gasteiger partial charge in [-0.3, -0.25) is 4.79 Å². The number of benzene rings is 1. The first-order chi connectivity index (χ1) is 8.79. The molecule has 0 aliphatic heterocycles. The van der Waals surface area contributed by atoms with Gasteiger partial charge in [-0.1, -0.05) is 22.0 Å². The summed E-state index contributed by atoms with van der Waals surface area (Å²) in [6.07, 6.45) is -3.36. The summed E-state index contributed by atoms with van der Waals surface area (Å²) in [4.78, 5) is 11.8. The lowest BCUT2D eigenvalue weighted by Gasteiger charge is -2.16. The van der Waals surface area contributed by atoms with Gasteiger partial charge in [-0.25, -0.2) is 4.39 Å². The van der Waals surface area contributed by atoms with E-state index in [0.29, 0.717) is 11.4 Å². The van der Waals surface area contributed by atoms with Gasteiger partial charge in [0.2, 0.25) is 0 Å². The van der Waals surface area contributed by atoms with E-state index in [1.165, 1.54) is 0 Å². The largest absolute Gasteiger partial charge is 0.419 e. The quantitative estimate of drug-likeness (QED) is 0.662. The topological polar surface area (TPSA) is 29.1 Å². The minimum atomic E-state index is -4.81. The Bertz CT molecular complexity index is 511. The van der Waals surface area contributed by atoms with E-state index in [1.54, 1.807) is 0 Å². The first kappa shape index (κ1) is 14.3. The second-order valence-electron chi connectivity index (χ2n) is 4.53. The number of hydrogen-bond donors (Lipinski definition) is 1. The minimum Gasteiger partial charge on any atom is -0.346 e. The smallest absolute Gasteiger partial charge is 0.346 e. The molecule has 0 atom stereocenters. The van der Waals surface area contributed by atoms with Crippen LogP contribution in [0.4, 0.5) is 17.6 Å². The Morgan fingerprint density at radius 2 is 2.00 bits per heavy atom. The van der Waals surface area contributed by atoms with Crippen LogP contribution in [-0.2, 0) is 6.18 Å². The van der Waals surface area contributed by atoms with Gasteiger partial charge < -0.3 is 5.32 Å². The Labute approximate surface area is 115 Å². The van der Waals surface area contributed by atoms with Crippen LogP contribution in [0, 0.1) is 5.82 Å². The molecule has 0 bridgehead atoms. The van der Waals surface area contributed by atoms with Crippen LogP contribution in [0.2, 0.25) is 0 Å². The maximum Gasteiger partial charge on any atom is 0.419 e. The number of hydrogen-bond acceptors (Lipinski definition) is 1. The van der Waals surface area contributed by atoms with Gasteiger partial charge in [0.25, 0.3) is 5.91 Å². The standard InChI is InChI=1S/C12H10BrF4NO/c13-6-11(4-5-11)18-10(19)7-2-1-3-8(9(7)14)12(15,16)17/h1-3H,4-6H2,(H,18,19). The number of halogens is 5. The minimum absolute atomic E-state index is 0.447. The fraction of sp³-hybridized carbons (Fsp3) is 0.417. The lowest BCUT2D eigenvalue weighted by Crippen LogP contribution is -2.38. The lowest BCUT2D eigenvalue weighted by atomic mass is 10.1. The summed E-state index contributed by atoms with van der Waals surface area (Å²) in [5.74, 6) is -2.35. The predicted octanol–water partition coefficient (Wildman–Crippen LogP) is 3.50. The fourth-order valence-corrected chi connectivity index (χ4v) is 2.38. The molecular formula is C12H10BrF4NO. The van der Waals surface area contributed by atoms with Gasteiger partial charge in [-0.05, 0) is 25.0 Å². The van der Waals surface area contributed by atoms with Gasteiger partial charge in [-0.2, -0.15) is 13.2 Å². The number of alkyl halides is 4. The zero-order valence-corrected chi connectivity index (χ0v) is 11.2. The predicted molar refractivity (Wildman–Crippen MR) is 64.6 cm³/mol. The van der Waals surface area contributed by atoms with Crippen molar-refractivity contribution in [2.24, 2.45) is 0 Å². The summed E-state index contributed by atoms with van der Waals surface area (Å²) >= 11 is 3.21. The van der Waals surface area contributed by atoms with Crippen LogP contribution in [0.15, 0.2) is 18.2 Å². The summed E-state index contributed by atoms with van der Waals surface area (Å²) in [7, 11) is 0. The first-order valence-electron chi connectivity index (χ1n) is 5.53. The van der Waals surface area contributed by atoms with Crippen LogP contribution < -0.4 is 5.32 Å². The summed E-state index contributed by atoms with van der Waals surface area (Å²) in [5, 5.41) is 3.05. The van der Waals surface area contributed by atoms with Crippen LogP contribution in [0.5, 0.6) is 0 Å². The van der Waals surface area contributed by atoms with E-state index in [-0.39, 0.29) is 0 Å². The van der Waals surface area contributed by atoms with Crippen LogP contribution in [-0.4, -0.2) is 16.8 Å². The molecule has 19 heavy (non-hydrogen) atoms.